The molecule has 1 aliphatic rings. The zero-order valence-corrected chi connectivity index (χ0v) is 13.2. The van der Waals surface area contributed by atoms with Crippen molar-refractivity contribution in [1.82, 2.24) is 15.1 Å². The van der Waals surface area contributed by atoms with Crippen molar-refractivity contribution < 1.29 is 0 Å². The predicted octanol–water partition coefficient (Wildman–Crippen LogP) is 1.33. The van der Waals surface area contributed by atoms with Gasteiger partial charge in [-0.15, -0.1) is 5.10 Å². The molecule has 0 atom stereocenters. The third-order valence-electron chi connectivity index (χ3n) is 4.50. The predicted molar refractivity (Wildman–Crippen MR) is 82.9 cm³/mol. The highest BCUT2D eigenvalue weighted by atomic mass is 15.3. The molecule has 2 heterocycles. The number of anilines is 1. The number of hydrogen-bond donors (Lipinski definition) is 1. The number of nitrogens with two attached hydrogens (primary N) is 1. The van der Waals surface area contributed by atoms with E-state index in [-0.39, 0.29) is 0 Å². The maximum Gasteiger partial charge on any atom is 0.155 e. The van der Waals surface area contributed by atoms with Gasteiger partial charge in [0.05, 0.1) is 5.69 Å². The summed E-state index contributed by atoms with van der Waals surface area (Å²) in [7, 11) is 4.30. The summed E-state index contributed by atoms with van der Waals surface area (Å²) in [6.45, 7) is 8.02. The van der Waals surface area contributed by atoms with E-state index in [4.69, 9.17) is 5.73 Å². The Hall–Kier alpha value is -1.20. The highest BCUT2D eigenvalue weighted by molar-refractivity contribution is 5.50. The van der Waals surface area contributed by atoms with Crippen LogP contribution in [0.2, 0.25) is 0 Å². The molecule has 1 saturated heterocycles. The van der Waals surface area contributed by atoms with E-state index in [2.05, 4.69) is 41.0 Å². The van der Waals surface area contributed by atoms with E-state index < -0.39 is 0 Å². The Labute approximate surface area is 122 Å². The molecule has 5 nitrogen and oxygen atoms in total. The summed E-state index contributed by atoms with van der Waals surface area (Å²) in [6.07, 6.45) is 2.52. The molecule has 1 fully saturated rings. The highest BCUT2D eigenvalue weighted by Gasteiger charge is 2.20. The summed E-state index contributed by atoms with van der Waals surface area (Å²) < 4.78 is 0. The van der Waals surface area contributed by atoms with Crippen molar-refractivity contribution in [2.24, 2.45) is 11.7 Å². The van der Waals surface area contributed by atoms with Gasteiger partial charge in [-0.25, -0.2) is 0 Å². The smallest absolute Gasteiger partial charge is 0.155 e. The molecule has 0 aromatic carbocycles. The van der Waals surface area contributed by atoms with Gasteiger partial charge < -0.3 is 15.5 Å². The normalized spacial score (nSPS) is 17.4. The zero-order chi connectivity index (χ0) is 14.7. The average Bonchev–Trinajstić information content (AvgIpc) is 2.44. The second-order valence-electron chi connectivity index (χ2n) is 6.04. The molecule has 5 heteroatoms. The van der Waals surface area contributed by atoms with Gasteiger partial charge in [0, 0.05) is 25.7 Å². The van der Waals surface area contributed by atoms with E-state index in [1.807, 2.05) is 6.92 Å². The van der Waals surface area contributed by atoms with E-state index >= 15 is 0 Å². The van der Waals surface area contributed by atoms with E-state index in [1.54, 1.807) is 0 Å². The van der Waals surface area contributed by atoms with E-state index in [9.17, 15) is 0 Å². The van der Waals surface area contributed by atoms with E-state index in [0.717, 1.165) is 29.5 Å². The van der Waals surface area contributed by atoms with Crippen molar-refractivity contribution in [3.05, 3.63) is 16.8 Å². The largest absolute Gasteiger partial charge is 0.358 e. The molecular weight excluding hydrogens is 250 g/mol. The van der Waals surface area contributed by atoms with E-state index in [1.165, 1.54) is 31.5 Å². The molecule has 2 N–H and O–H groups in total. The fourth-order valence-electron chi connectivity index (χ4n) is 2.91. The van der Waals surface area contributed by atoms with Crippen LogP contribution in [0.25, 0.3) is 0 Å². The van der Waals surface area contributed by atoms with Gasteiger partial charge in [0.25, 0.3) is 0 Å². The lowest BCUT2D eigenvalue weighted by atomic mass is 9.96. The summed E-state index contributed by atoms with van der Waals surface area (Å²) in [5.74, 6) is 1.69. The number of aromatic nitrogens is 2. The van der Waals surface area contributed by atoms with Gasteiger partial charge in [0.1, 0.15) is 0 Å². The molecular formula is C15H27N5. The van der Waals surface area contributed by atoms with Crippen LogP contribution in [0.3, 0.4) is 0 Å². The van der Waals surface area contributed by atoms with Crippen molar-refractivity contribution in [2.45, 2.75) is 33.2 Å². The molecule has 0 amide bonds. The Balaban J connectivity index is 2.09. The molecule has 0 saturated carbocycles. The number of hydrogen-bond acceptors (Lipinski definition) is 5. The molecule has 0 unspecified atom stereocenters. The lowest BCUT2D eigenvalue weighted by Crippen LogP contribution is -2.36. The summed E-state index contributed by atoms with van der Waals surface area (Å²) in [5, 5.41) is 8.63. The van der Waals surface area contributed by atoms with Gasteiger partial charge >= 0.3 is 0 Å². The fourth-order valence-corrected chi connectivity index (χ4v) is 2.91. The number of piperidine rings is 1. The first-order valence-electron chi connectivity index (χ1n) is 7.45. The second kappa shape index (κ2) is 6.50. The Morgan fingerprint density at radius 2 is 1.90 bits per heavy atom. The molecule has 1 aliphatic heterocycles. The fraction of sp³-hybridized carbons (Fsp3) is 0.733. The number of nitrogens with zero attached hydrogens (tertiary/aromatic N) is 4. The first kappa shape index (κ1) is 15.2. The third-order valence-corrected chi connectivity index (χ3v) is 4.50. The molecule has 0 radical (unpaired) electrons. The van der Waals surface area contributed by atoms with Crippen molar-refractivity contribution in [2.75, 3.05) is 38.6 Å². The molecule has 0 spiro atoms. The van der Waals surface area contributed by atoms with Crippen LogP contribution in [0.4, 0.5) is 5.82 Å². The van der Waals surface area contributed by atoms with Crippen molar-refractivity contribution in [3.63, 3.8) is 0 Å². The van der Waals surface area contributed by atoms with Gasteiger partial charge in [0.15, 0.2) is 5.82 Å². The Morgan fingerprint density at radius 1 is 1.25 bits per heavy atom. The maximum absolute atomic E-state index is 5.91. The third kappa shape index (κ3) is 3.27. The lowest BCUT2D eigenvalue weighted by molar-refractivity contribution is 0.222. The van der Waals surface area contributed by atoms with Crippen LogP contribution >= 0.6 is 0 Å². The van der Waals surface area contributed by atoms with Gasteiger partial charge in [-0.05, 0) is 58.3 Å². The van der Waals surface area contributed by atoms with E-state index in [0.29, 0.717) is 6.54 Å². The molecule has 112 valence electrons. The van der Waals surface area contributed by atoms with Crippen LogP contribution in [-0.2, 0) is 6.54 Å². The van der Waals surface area contributed by atoms with Gasteiger partial charge in [-0.1, -0.05) is 0 Å². The summed E-state index contributed by atoms with van der Waals surface area (Å²) in [6, 6.07) is 0. The van der Waals surface area contributed by atoms with Crippen LogP contribution in [0.1, 0.15) is 29.7 Å². The molecule has 1 aromatic heterocycles. The second-order valence-corrected chi connectivity index (χ2v) is 6.04. The number of likely N-dealkylation sites (tertiary alicyclic amines) is 1. The Kier molecular flexibility index (Phi) is 4.94. The maximum atomic E-state index is 5.91. The van der Waals surface area contributed by atoms with Crippen LogP contribution in [0, 0.1) is 19.8 Å². The van der Waals surface area contributed by atoms with Crippen LogP contribution in [0.5, 0.6) is 0 Å². The number of rotatable bonds is 4. The van der Waals surface area contributed by atoms with Crippen LogP contribution < -0.4 is 10.6 Å². The Bertz CT molecular complexity index is 452. The molecule has 2 rings (SSSR count). The topological polar surface area (TPSA) is 58.3 Å². The van der Waals surface area contributed by atoms with Gasteiger partial charge in [-0.2, -0.15) is 5.10 Å². The summed E-state index contributed by atoms with van der Waals surface area (Å²) in [5.41, 5.74) is 9.19. The quantitative estimate of drug-likeness (QED) is 0.900. The van der Waals surface area contributed by atoms with Crippen LogP contribution in [-0.4, -0.2) is 48.8 Å². The minimum atomic E-state index is 0.523. The standard InChI is InChI=1S/C15H27N5/c1-11-12(2)17-18-15(14(11)9-16)20(4)10-13-5-7-19(3)8-6-13/h13H,5-10,16H2,1-4H3. The minimum Gasteiger partial charge on any atom is -0.358 e. The van der Waals surface area contributed by atoms with Crippen molar-refractivity contribution in [3.8, 4) is 0 Å². The van der Waals surface area contributed by atoms with Crippen LogP contribution in [0.15, 0.2) is 0 Å². The first-order valence-corrected chi connectivity index (χ1v) is 7.45. The Morgan fingerprint density at radius 3 is 2.50 bits per heavy atom. The van der Waals surface area contributed by atoms with Crippen molar-refractivity contribution in [1.29, 1.82) is 0 Å². The summed E-state index contributed by atoms with van der Waals surface area (Å²) in [4.78, 5) is 4.63. The molecule has 1 aromatic rings. The highest BCUT2D eigenvalue weighted by Crippen LogP contribution is 2.24. The number of aryl methyl sites for hydroxylation is 1. The average molecular weight is 277 g/mol. The molecule has 20 heavy (non-hydrogen) atoms. The monoisotopic (exact) mass is 277 g/mol. The SMILES string of the molecule is Cc1nnc(N(C)CC2CCN(C)CC2)c(CN)c1C. The molecule has 0 aliphatic carbocycles. The molecule has 0 bridgehead atoms. The first-order chi connectivity index (χ1) is 9.52. The summed E-state index contributed by atoms with van der Waals surface area (Å²) >= 11 is 0. The van der Waals surface area contributed by atoms with Gasteiger partial charge in [-0.3, -0.25) is 0 Å². The van der Waals surface area contributed by atoms with Gasteiger partial charge in [0.2, 0.25) is 0 Å². The van der Waals surface area contributed by atoms with Crippen molar-refractivity contribution >= 4 is 5.82 Å². The zero-order valence-electron chi connectivity index (χ0n) is 13.2. The lowest BCUT2D eigenvalue weighted by Gasteiger charge is -2.32. The minimum absolute atomic E-state index is 0.523.